The molecule has 7 nitrogen and oxygen atoms in total. The quantitative estimate of drug-likeness (QED) is 0.480. The fourth-order valence-electron chi connectivity index (χ4n) is 3.43. The maximum Gasteiger partial charge on any atom is 0.251 e. The van der Waals surface area contributed by atoms with Gasteiger partial charge < -0.3 is 20.9 Å². The Hall–Kier alpha value is -2.57. The van der Waals surface area contributed by atoms with Crippen molar-refractivity contribution in [3.05, 3.63) is 35.4 Å². The Kier molecular flexibility index (Phi) is 8.96. The zero-order chi connectivity index (χ0) is 21.2. The van der Waals surface area contributed by atoms with Gasteiger partial charge in [-0.15, -0.1) is 0 Å². The van der Waals surface area contributed by atoms with Gasteiger partial charge in [0, 0.05) is 50.7 Å². The highest BCUT2D eigenvalue weighted by Gasteiger charge is 2.24. The number of rotatable bonds is 7. The van der Waals surface area contributed by atoms with Gasteiger partial charge in [0.1, 0.15) is 0 Å². The Morgan fingerprint density at radius 1 is 1.24 bits per heavy atom. The summed E-state index contributed by atoms with van der Waals surface area (Å²) in [7, 11) is 1.64. The smallest absolute Gasteiger partial charge is 0.251 e. The third-order valence-corrected chi connectivity index (χ3v) is 5.07. The maximum atomic E-state index is 12.1. The van der Waals surface area contributed by atoms with Crippen molar-refractivity contribution < 1.29 is 9.59 Å². The van der Waals surface area contributed by atoms with E-state index < -0.39 is 0 Å². The van der Waals surface area contributed by atoms with E-state index in [1.165, 1.54) is 0 Å². The lowest BCUT2D eigenvalue weighted by atomic mass is 10.0. The number of carbonyl (C=O) groups is 2. The summed E-state index contributed by atoms with van der Waals surface area (Å²) in [4.78, 5) is 30.6. The Balaban J connectivity index is 1.87. The second-order valence-electron chi connectivity index (χ2n) is 7.69. The average molecular weight is 402 g/mol. The van der Waals surface area contributed by atoms with Crippen molar-refractivity contribution in [2.24, 2.45) is 10.9 Å². The van der Waals surface area contributed by atoms with Crippen LogP contribution < -0.4 is 16.0 Å². The third-order valence-electron chi connectivity index (χ3n) is 5.07. The highest BCUT2D eigenvalue weighted by molar-refractivity contribution is 5.94. The first-order valence-electron chi connectivity index (χ1n) is 10.6. The van der Waals surface area contributed by atoms with Gasteiger partial charge in [-0.2, -0.15) is 0 Å². The predicted octanol–water partition coefficient (Wildman–Crippen LogP) is 1.79. The standard InChI is InChI=1S/C22H35N5O2/c1-5-24-22(26-19-10-13-27(14-11-19)21(29)16(2)3)25-12-9-17-7-6-8-18(15-17)20(28)23-4/h6-8,15-16,19H,5,9-14H2,1-4H3,(H,23,28)(H2,24,25,26). The number of amides is 2. The van der Waals surface area contributed by atoms with E-state index in [1.807, 2.05) is 49.9 Å². The van der Waals surface area contributed by atoms with Crippen molar-refractivity contribution in [2.75, 3.05) is 33.2 Å². The number of nitrogens with one attached hydrogen (secondary N) is 3. The van der Waals surface area contributed by atoms with Crippen LogP contribution in [0.2, 0.25) is 0 Å². The lowest BCUT2D eigenvalue weighted by Gasteiger charge is -2.34. The number of benzene rings is 1. The molecular formula is C22H35N5O2. The van der Waals surface area contributed by atoms with E-state index in [0.29, 0.717) is 18.2 Å². The average Bonchev–Trinajstić information content (AvgIpc) is 2.73. The van der Waals surface area contributed by atoms with Crippen molar-refractivity contribution in [2.45, 2.75) is 46.1 Å². The molecule has 2 rings (SSSR count). The summed E-state index contributed by atoms with van der Waals surface area (Å²) in [6, 6.07) is 7.97. The fourth-order valence-corrected chi connectivity index (χ4v) is 3.43. The fraction of sp³-hybridized carbons (Fsp3) is 0.591. The molecule has 7 heteroatoms. The summed E-state index contributed by atoms with van der Waals surface area (Å²) < 4.78 is 0. The Bertz CT molecular complexity index is 709. The van der Waals surface area contributed by atoms with E-state index in [2.05, 4.69) is 16.0 Å². The highest BCUT2D eigenvalue weighted by Crippen LogP contribution is 2.13. The van der Waals surface area contributed by atoms with Gasteiger partial charge in [0.2, 0.25) is 5.91 Å². The molecule has 0 radical (unpaired) electrons. The molecule has 1 aromatic rings. The van der Waals surface area contributed by atoms with Gasteiger partial charge >= 0.3 is 0 Å². The van der Waals surface area contributed by atoms with E-state index in [1.54, 1.807) is 7.05 Å². The van der Waals surface area contributed by atoms with Crippen molar-refractivity contribution in [1.29, 1.82) is 0 Å². The number of likely N-dealkylation sites (tertiary alicyclic amines) is 1. The van der Waals surface area contributed by atoms with Crippen LogP contribution in [0.1, 0.15) is 49.5 Å². The molecule has 0 atom stereocenters. The van der Waals surface area contributed by atoms with Crippen LogP contribution in [0.5, 0.6) is 0 Å². The van der Waals surface area contributed by atoms with Gasteiger partial charge in [0.15, 0.2) is 5.96 Å². The van der Waals surface area contributed by atoms with E-state index in [4.69, 9.17) is 4.99 Å². The van der Waals surface area contributed by atoms with Gasteiger partial charge in [-0.1, -0.05) is 26.0 Å². The van der Waals surface area contributed by atoms with Gasteiger partial charge in [0.05, 0.1) is 0 Å². The van der Waals surface area contributed by atoms with Crippen LogP contribution in [0.3, 0.4) is 0 Å². The summed E-state index contributed by atoms with van der Waals surface area (Å²) in [6.45, 7) is 8.97. The minimum absolute atomic E-state index is 0.0558. The third kappa shape index (κ3) is 7.07. The van der Waals surface area contributed by atoms with Crippen LogP contribution in [0, 0.1) is 5.92 Å². The van der Waals surface area contributed by atoms with Crippen LogP contribution >= 0.6 is 0 Å². The van der Waals surface area contributed by atoms with Crippen LogP contribution in [-0.2, 0) is 11.2 Å². The number of guanidine groups is 1. The predicted molar refractivity (Wildman–Crippen MR) is 117 cm³/mol. The molecule has 1 aliphatic heterocycles. The van der Waals surface area contributed by atoms with E-state index in [9.17, 15) is 9.59 Å². The summed E-state index contributed by atoms with van der Waals surface area (Å²) in [5, 5.41) is 9.46. The first-order valence-corrected chi connectivity index (χ1v) is 10.6. The second-order valence-corrected chi connectivity index (χ2v) is 7.69. The molecule has 1 aliphatic rings. The molecule has 2 amide bonds. The van der Waals surface area contributed by atoms with Gasteiger partial charge in [0.25, 0.3) is 5.91 Å². The van der Waals surface area contributed by atoms with E-state index in [-0.39, 0.29) is 17.7 Å². The maximum absolute atomic E-state index is 12.1. The molecular weight excluding hydrogens is 366 g/mol. The van der Waals surface area contributed by atoms with E-state index in [0.717, 1.165) is 50.4 Å². The lowest BCUT2D eigenvalue weighted by Crippen LogP contribution is -2.50. The minimum atomic E-state index is -0.0763. The number of piperidine rings is 1. The lowest BCUT2D eigenvalue weighted by molar-refractivity contribution is -0.135. The first-order chi connectivity index (χ1) is 13.9. The van der Waals surface area contributed by atoms with Crippen molar-refractivity contribution >= 4 is 17.8 Å². The van der Waals surface area contributed by atoms with Crippen molar-refractivity contribution in [3.8, 4) is 0 Å². The molecule has 0 aromatic heterocycles. The van der Waals surface area contributed by atoms with Crippen LogP contribution in [-0.4, -0.2) is 61.9 Å². The van der Waals surface area contributed by atoms with Crippen molar-refractivity contribution in [1.82, 2.24) is 20.9 Å². The summed E-state index contributed by atoms with van der Waals surface area (Å²) in [5.74, 6) is 1.03. The highest BCUT2D eigenvalue weighted by atomic mass is 16.2. The molecule has 0 saturated carbocycles. The topological polar surface area (TPSA) is 85.8 Å². The van der Waals surface area contributed by atoms with E-state index >= 15 is 0 Å². The molecule has 1 aromatic carbocycles. The molecule has 0 unspecified atom stereocenters. The zero-order valence-electron chi connectivity index (χ0n) is 18.1. The minimum Gasteiger partial charge on any atom is -0.357 e. The number of hydrogen-bond donors (Lipinski definition) is 3. The summed E-state index contributed by atoms with van der Waals surface area (Å²) >= 11 is 0. The molecule has 1 heterocycles. The molecule has 160 valence electrons. The Labute approximate surface area is 174 Å². The Morgan fingerprint density at radius 2 is 1.97 bits per heavy atom. The van der Waals surface area contributed by atoms with Gasteiger partial charge in [-0.3, -0.25) is 14.6 Å². The second kappa shape index (κ2) is 11.4. The monoisotopic (exact) mass is 401 g/mol. The number of aliphatic imine (C=N–C) groups is 1. The normalized spacial score (nSPS) is 15.3. The van der Waals surface area contributed by atoms with Crippen molar-refractivity contribution in [3.63, 3.8) is 0 Å². The summed E-state index contributed by atoms with van der Waals surface area (Å²) in [5.41, 5.74) is 1.76. The van der Waals surface area contributed by atoms with Gasteiger partial charge in [-0.25, -0.2) is 0 Å². The molecule has 0 spiro atoms. The van der Waals surface area contributed by atoms with Gasteiger partial charge in [-0.05, 0) is 43.9 Å². The SMILES string of the molecule is CCNC(=NCCc1cccc(C(=O)NC)c1)NC1CCN(C(=O)C(C)C)CC1. The molecule has 29 heavy (non-hydrogen) atoms. The number of nitrogens with zero attached hydrogens (tertiary/aromatic N) is 2. The molecule has 3 N–H and O–H groups in total. The molecule has 1 saturated heterocycles. The number of carbonyl (C=O) groups excluding carboxylic acids is 2. The summed E-state index contributed by atoms with van der Waals surface area (Å²) in [6.07, 6.45) is 2.62. The van der Waals surface area contributed by atoms with Crippen LogP contribution in [0.15, 0.2) is 29.3 Å². The molecule has 0 bridgehead atoms. The number of hydrogen-bond acceptors (Lipinski definition) is 3. The Morgan fingerprint density at radius 3 is 2.59 bits per heavy atom. The van der Waals surface area contributed by atoms with Crippen LogP contribution in [0.25, 0.3) is 0 Å². The molecule has 0 aliphatic carbocycles. The molecule has 1 fully saturated rings. The zero-order valence-corrected chi connectivity index (χ0v) is 18.1. The largest absolute Gasteiger partial charge is 0.357 e. The first kappa shape index (κ1) is 22.7. The van der Waals surface area contributed by atoms with Crippen LogP contribution in [0.4, 0.5) is 0 Å².